The van der Waals surface area contributed by atoms with Crippen LogP contribution in [0.25, 0.3) is 0 Å². The Kier molecular flexibility index (Phi) is 2.44. The number of methoxy groups -OCH3 is 1. The molecule has 1 aromatic rings. The van der Waals surface area contributed by atoms with Gasteiger partial charge in [0.2, 0.25) is 0 Å². The summed E-state index contributed by atoms with van der Waals surface area (Å²) in [6.45, 7) is 2.15. The summed E-state index contributed by atoms with van der Waals surface area (Å²) in [5.41, 5.74) is 1.20. The quantitative estimate of drug-likeness (QED) is 0.713. The van der Waals surface area contributed by atoms with E-state index in [-0.39, 0.29) is 6.10 Å². The predicted octanol–water partition coefficient (Wildman–Crippen LogP) is 2.92. The van der Waals surface area contributed by atoms with Gasteiger partial charge in [-0.3, -0.25) is 0 Å². The van der Waals surface area contributed by atoms with E-state index in [2.05, 4.69) is 13.0 Å². The Morgan fingerprint density at radius 3 is 2.43 bits per heavy atom. The molecule has 0 radical (unpaired) electrons. The highest BCUT2D eigenvalue weighted by Crippen LogP contribution is 2.32. The molecule has 0 fully saturated rings. The van der Waals surface area contributed by atoms with Crippen LogP contribution in [0.5, 0.6) is 5.75 Å². The lowest BCUT2D eigenvalue weighted by atomic mass is 9.99. The van der Waals surface area contributed by atoms with Gasteiger partial charge in [-0.2, -0.15) is 0 Å². The average molecular weight is 190 g/mol. The van der Waals surface area contributed by atoms with Gasteiger partial charge in [-0.1, -0.05) is 19.1 Å². The molecule has 1 aliphatic heterocycles. The molecule has 1 aliphatic rings. The first kappa shape index (κ1) is 9.13. The fourth-order valence-electron chi connectivity index (χ4n) is 1.65. The molecule has 0 N–H and O–H groups in total. The summed E-state index contributed by atoms with van der Waals surface area (Å²) >= 11 is 0. The molecule has 74 valence electrons. The standard InChI is InChI=1S/C12H14O2/c1-9-7-8-14-12(9)10-3-5-11(13-2)6-4-10/h3-9,12H,1-2H3/t9-,12-/m1/s1. The summed E-state index contributed by atoms with van der Waals surface area (Å²) in [6, 6.07) is 8.02. The van der Waals surface area contributed by atoms with Gasteiger partial charge in [0, 0.05) is 5.92 Å². The van der Waals surface area contributed by atoms with Crippen molar-refractivity contribution in [2.45, 2.75) is 13.0 Å². The van der Waals surface area contributed by atoms with Crippen LogP contribution in [0.3, 0.4) is 0 Å². The molecule has 0 aromatic heterocycles. The molecule has 2 rings (SSSR count). The highest BCUT2D eigenvalue weighted by atomic mass is 16.5. The van der Waals surface area contributed by atoms with Crippen molar-refractivity contribution in [3.63, 3.8) is 0 Å². The van der Waals surface area contributed by atoms with Gasteiger partial charge in [0.15, 0.2) is 0 Å². The van der Waals surface area contributed by atoms with Crippen molar-refractivity contribution in [2.24, 2.45) is 5.92 Å². The van der Waals surface area contributed by atoms with Crippen LogP contribution in [0, 0.1) is 5.92 Å². The van der Waals surface area contributed by atoms with E-state index in [4.69, 9.17) is 9.47 Å². The summed E-state index contributed by atoms with van der Waals surface area (Å²) in [6.07, 6.45) is 4.02. The monoisotopic (exact) mass is 190 g/mol. The van der Waals surface area contributed by atoms with Crippen LogP contribution in [-0.2, 0) is 4.74 Å². The Morgan fingerprint density at radius 2 is 1.93 bits per heavy atom. The average Bonchev–Trinajstić information content (AvgIpc) is 2.65. The zero-order valence-electron chi connectivity index (χ0n) is 8.44. The van der Waals surface area contributed by atoms with Crippen molar-refractivity contribution in [2.75, 3.05) is 7.11 Å². The minimum absolute atomic E-state index is 0.168. The van der Waals surface area contributed by atoms with Crippen molar-refractivity contribution in [3.05, 3.63) is 42.2 Å². The third-order valence-corrected chi connectivity index (χ3v) is 2.53. The SMILES string of the molecule is COc1ccc([C@@H]2OC=C[C@H]2C)cc1. The van der Waals surface area contributed by atoms with Gasteiger partial charge in [-0.15, -0.1) is 0 Å². The summed E-state index contributed by atoms with van der Waals surface area (Å²) in [5.74, 6) is 1.33. The molecule has 0 amide bonds. The van der Waals surface area contributed by atoms with Gasteiger partial charge >= 0.3 is 0 Å². The van der Waals surface area contributed by atoms with Crippen LogP contribution < -0.4 is 4.74 Å². The van der Waals surface area contributed by atoms with Crippen LogP contribution in [-0.4, -0.2) is 7.11 Å². The normalized spacial score (nSPS) is 24.7. The summed E-state index contributed by atoms with van der Waals surface area (Å²) in [7, 11) is 1.67. The highest BCUT2D eigenvalue weighted by Gasteiger charge is 2.21. The second kappa shape index (κ2) is 3.74. The second-order valence-corrected chi connectivity index (χ2v) is 3.52. The fraction of sp³-hybridized carbons (Fsp3) is 0.333. The molecule has 0 spiro atoms. The van der Waals surface area contributed by atoms with E-state index in [0.717, 1.165) is 5.75 Å². The lowest BCUT2D eigenvalue weighted by molar-refractivity contribution is 0.142. The molecule has 0 saturated heterocycles. The molecule has 0 aliphatic carbocycles. The van der Waals surface area contributed by atoms with E-state index in [0.29, 0.717) is 5.92 Å². The minimum Gasteiger partial charge on any atom is -0.497 e. The molecule has 0 bridgehead atoms. The van der Waals surface area contributed by atoms with Gasteiger partial charge in [0.25, 0.3) is 0 Å². The summed E-state index contributed by atoms with van der Waals surface area (Å²) < 4.78 is 10.6. The maximum absolute atomic E-state index is 5.50. The molecular weight excluding hydrogens is 176 g/mol. The predicted molar refractivity (Wildman–Crippen MR) is 55.1 cm³/mol. The van der Waals surface area contributed by atoms with Crippen molar-refractivity contribution in [3.8, 4) is 5.75 Å². The smallest absolute Gasteiger partial charge is 0.129 e. The maximum Gasteiger partial charge on any atom is 0.129 e. The molecule has 0 unspecified atom stereocenters. The first-order chi connectivity index (χ1) is 6.81. The maximum atomic E-state index is 5.50. The molecule has 1 heterocycles. The van der Waals surface area contributed by atoms with E-state index in [1.807, 2.05) is 24.3 Å². The summed E-state index contributed by atoms with van der Waals surface area (Å²) in [5, 5.41) is 0. The van der Waals surface area contributed by atoms with Gasteiger partial charge in [0.05, 0.1) is 13.4 Å². The van der Waals surface area contributed by atoms with Crippen LogP contribution in [0.15, 0.2) is 36.6 Å². The Balaban J connectivity index is 2.17. The number of rotatable bonds is 2. The second-order valence-electron chi connectivity index (χ2n) is 3.52. The Hall–Kier alpha value is -1.44. The first-order valence-electron chi connectivity index (χ1n) is 4.77. The van der Waals surface area contributed by atoms with Crippen molar-refractivity contribution >= 4 is 0 Å². The molecule has 14 heavy (non-hydrogen) atoms. The van der Waals surface area contributed by atoms with Crippen LogP contribution in [0.2, 0.25) is 0 Å². The van der Waals surface area contributed by atoms with Gasteiger partial charge in [-0.25, -0.2) is 0 Å². The van der Waals surface area contributed by atoms with E-state index in [1.165, 1.54) is 5.56 Å². The minimum atomic E-state index is 0.168. The number of hydrogen-bond acceptors (Lipinski definition) is 2. The number of hydrogen-bond donors (Lipinski definition) is 0. The van der Waals surface area contributed by atoms with Crippen LogP contribution in [0.1, 0.15) is 18.6 Å². The summed E-state index contributed by atoms with van der Waals surface area (Å²) in [4.78, 5) is 0. The molecule has 2 atom stereocenters. The molecule has 0 saturated carbocycles. The largest absolute Gasteiger partial charge is 0.497 e. The molecule has 2 nitrogen and oxygen atoms in total. The van der Waals surface area contributed by atoms with E-state index in [9.17, 15) is 0 Å². The van der Waals surface area contributed by atoms with Crippen LogP contribution in [0.4, 0.5) is 0 Å². The van der Waals surface area contributed by atoms with Gasteiger partial charge < -0.3 is 9.47 Å². The van der Waals surface area contributed by atoms with Crippen LogP contribution >= 0.6 is 0 Å². The molecule has 2 heteroatoms. The van der Waals surface area contributed by atoms with Gasteiger partial charge in [-0.05, 0) is 23.8 Å². The lowest BCUT2D eigenvalue weighted by Gasteiger charge is -2.15. The highest BCUT2D eigenvalue weighted by molar-refractivity contribution is 5.29. The fourth-order valence-corrected chi connectivity index (χ4v) is 1.65. The van der Waals surface area contributed by atoms with Gasteiger partial charge in [0.1, 0.15) is 11.9 Å². The Morgan fingerprint density at radius 1 is 1.21 bits per heavy atom. The van der Waals surface area contributed by atoms with E-state index < -0.39 is 0 Å². The topological polar surface area (TPSA) is 18.5 Å². The number of benzene rings is 1. The van der Waals surface area contributed by atoms with Crippen molar-refractivity contribution in [1.82, 2.24) is 0 Å². The Bertz CT molecular complexity index is 327. The zero-order chi connectivity index (χ0) is 9.97. The zero-order valence-corrected chi connectivity index (χ0v) is 8.44. The third-order valence-electron chi connectivity index (χ3n) is 2.53. The number of ether oxygens (including phenoxy) is 2. The van der Waals surface area contributed by atoms with E-state index >= 15 is 0 Å². The van der Waals surface area contributed by atoms with Crippen molar-refractivity contribution < 1.29 is 9.47 Å². The van der Waals surface area contributed by atoms with E-state index in [1.54, 1.807) is 13.4 Å². The third kappa shape index (κ3) is 1.60. The molecular formula is C12H14O2. The Labute approximate surface area is 84.2 Å². The first-order valence-corrected chi connectivity index (χ1v) is 4.77. The lowest BCUT2D eigenvalue weighted by Crippen LogP contribution is -2.03. The molecule has 1 aromatic carbocycles. The van der Waals surface area contributed by atoms with Crippen molar-refractivity contribution in [1.29, 1.82) is 0 Å².